The first-order chi connectivity index (χ1) is 11.0. The van der Waals surface area contributed by atoms with Crippen LogP contribution in [0.2, 0.25) is 0 Å². The lowest BCUT2D eigenvalue weighted by Crippen LogP contribution is -1.94. The molecule has 2 N–H and O–H groups in total. The van der Waals surface area contributed by atoms with Crippen molar-refractivity contribution in [3.05, 3.63) is 29.8 Å². The van der Waals surface area contributed by atoms with Crippen molar-refractivity contribution in [3.63, 3.8) is 0 Å². The van der Waals surface area contributed by atoms with Crippen LogP contribution in [0.3, 0.4) is 0 Å². The Kier molecular flexibility index (Phi) is 4.90. The zero-order valence-corrected chi connectivity index (χ0v) is 13.3. The first-order valence-electron chi connectivity index (χ1n) is 6.75. The maximum absolute atomic E-state index is 9.96. The van der Waals surface area contributed by atoms with E-state index in [1.54, 1.807) is 19.1 Å². The fourth-order valence-corrected chi connectivity index (χ4v) is 1.99. The summed E-state index contributed by atoms with van der Waals surface area (Å²) < 4.78 is 15.7. The molecule has 2 aromatic carbocycles. The molecule has 7 heteroatoms. The van der Waals surface area contributed by atoms with Gasteiger partial charge in [-0.15, -0.1) is 5.11 Å². The van der Waals surface area contributed by atoms with E-state index in [0.717, 1.165) is 0 Å². The van der Waals surface area contributed by atoms with Gasteiger partial charge in [0.25, 0.3) is 0 Å². The summed E-state index contributed by atoms with van der Waals surface area (Å²) in [5.41, 5.74) is 1.05. The summed E-state index contributed by atoms with van der Waals surface area (Å²) in [4.78, 5) is 0. The first-order valence-corrected chi connectivity index (χ1v) is 6.75. The van der Waals surface area contributed by atoms with E-state index in [2.05, 4.69) is 10.2 Å². The topological polar surface area (TPSA) is 92.9 Å². The van der Waals surface area contributed by atoms with E-state index in [1.807, 2.05) is 0 Å². The highest BCUT2D eigenvalue weighted by Gasteiger charge is 2.13. The van der Waals surface area contributed by atoms with E-state index in [1.165, 1.54) is 33.5 Å². The molecule has 122 valence electrons. The number of phenols is 2. The fraction of sp³-hybridized carbons (Fsp3) is 0.250. The minimum Gasteiger partial charge on any atom is -0.508 e. The molecule has 0 aromatic heterocycles. The van der Waals surface area contributed by atoms with Crippen LogP contribution in [0.5, 0.6) is 28.7 Å². The van der Waals surface area contributed by atoms with E-state index < -0.39 is 0 Å². The Balaban J connectivity index is 2.42. The van der Waals surface area contributed by atoms with E-state index in [4.69, 9.17) is 14.2 Å². The van der Waals surface area contributed by atoms with Gasteiger partial charge in [-0.25, -0.2) is 0 Å². The molecule has 0 aliphatic heterocycles. The Morgan fingerprint density at radius 2 is 1.48 bits per heavy atom. The minimum absolute atomic E-state index is 0.00534. The molecule has 0 aliphatic carbocycles. The van der Waals surface area contributed by atoms with Gasteiger partial charge in [-0.1, -0.05) is 0 Å². The van der Waals surface area contributed by atoms with Crippen LogP contribution in [-0.4, -0.2) is 31.5 Å². The van der Waals surface area contributed by atoms with Crippen molar-refractivity contribution >= 4 is 11.4 Å². The number of nitrogens with zero attached hydrogens (tertiary/aromatic N) is 2. The van der Waals surface area contributed by atoms with Crippen LogP contribution >= 0.6 is 0 Å². The molecule has 23 heavy (non-hydrogen) atoms. The van der Waals surface area contributed by atoms with Crippen LogP contribution in [0.4, 0.5) is 11.4 Å². The molecule has 0 radical (unpaired) electrons. The summed E-state index contributed by atoms with van der Waals surface area (Å²) in [5, 5.41) is 27.5. The monoisotopic (exact) mass is 318 g/mol. The Bertz CT molecular complexity index is 718. The van der Waals surface area contributed by atoms with Crippen LogP contribution < -0.4 is 14.2 Å². The number of hydrogen-bond acceptors (Lipinski definition) is 7. The largest absolute Gasteiger partial charge is 0.508 e. The summed E-state index contributed by atoms with van der Waals surface area (Å²) >= 11 is 0. The molecule has 0 bridgehead atoms. The molecule has 0 fully saturated rings. The number of methoxy groups -OCH3 is 3. The minimum atomic E-state index is -0.124. The van der Waals surface area contributed by atoms with Crippen LogP contribution in [-0.2, 0) is 0 Å². The maximum atomic E-state index is 9.96. The molecule has 0 saturated carbocycles. The number of hydrogen-bond donors (Lipinski definition) is 2. The smallest absolute Gasteiger partial charge is 0.203 e. The van der Waals surface area contributed by atoms with E-state index >= 15 is 0 Å². The van der Waals surface area contributed by atoms with Crippen molar-refractivity contribution in [2.45, 2.75) is 6.92 Å². The Morgan fingerprint density at radius 3 is 2.00 bits per heavy atom. The second kappa shape index (κ2) is 6.87. The fourth-order valence-electron chi connectivity index (χ4n) is 1.99. The average molecular weight is 318 g/mol. The predicted molar refractivity (Wildman–Crippen MR) is 84.8 cm³/mol. The van der Waals surface area contributed by atoms with Gasteiger partial charge in [0.15, 0.2) is 11.5 Å². The highest BCUT2D eigenvalue weighted by molar-refractivity contribution is 5.62. The van der Waals surface area contributed by atoms with E-state index in [-0.39, 0.29) is 17.2 Å². The molecule has 2 aromatic rings. The number of ether oxygens (including phenoxy) is 3. The quantitative estimate of drug-likeness (QED) is 0.817. The lowest BCUT2D eigenvalue weighted by atomic mass is 10.2. The summed E-state index contributed by atoms with van der Waals surface area (Å²) in [6, 6.07) is 6.18. The van der Waals surface area contributed by atoms with Gasteiger partial charge in [-0.2, -0.15) is 5.11 Å². The molecule has 0 amide bonds. The molecule has 2 rings (SSSR count). The Morgan fingerprint density at radius 1 is 0.870 bits per heavy atom. The number of azo groups is 1. The van der Waals surface area contributed by atoms with E-state index in [0.29, 0.717) is 28.5 Å². The summed E-state index contributed by atoms with van der Waals surface area (Å²) in [6.45, 7) is 1.59. The molecular weight excluding hydrogens is 300 g/mol. The van der Waals surface area contributed by atoms with Crippen molar-refractivity contribution in [1.82, 2.24) is 0 Å². The van der Waals surface area contributed by atoms with Crippen molar-refractivity contribution in [2.75, 3.05) is 21.3 Å². The van der Waals surface area contributed by atoms with Gasteiger partial charge in [-0.05, 0) is 19.1 Å². The number of phenolic OH excluding ortho intramolecular Hbond substituents is 2. The van der Waals surface area contributed by atoms with Crippen molar-refractivity contribution in [3.8, 4) is 28.7 Å². The van der Waals surface area contributed by atoms with Crippen molar-refractivity contribution < 1.29 is 24.4 Å². The molecule has 0 saturated heterocycles. The van der Waals surface area contributed by atoms with Crippen LogP contribution in [0.1, 0.15) is 5.56 Å². The van der Waals surface area contributed by atoms with Gasteiger partial charge in [0, 0.05) is 17.7 Å². The van der Waals surface area contributed by atoms with Crippen molar-refractivity contribution in [2.24, 2.45) is 10.2 Å². The molecule has 0 spiro atoms. The van der Waals surface area contributed by atoms with E-state index in [9.17, 15) is 10.2 Å². The SMILES string of the molecule is COc1cc(/N=N/c2ccc(O)c(C)c2O)cc(OC)c1OC. The molecule has 7 nitrogen and oxygen atoms in total. The zero-order valence-electron chi connectivity index (χ0n) is 13.3. The second-order valence-corrected chi connectivity index (χ2v) is 4.66. The van der Waals surface area contributed by atoms with Gasteiger partial charge in [0.1, 0.15) is 17.2 Å². The zero-order chi connectivity index (χ0) is 17.0. The molecule has 0 unspecified atom stereocenters. The third-order valence-corrected chi connectivity index (χ3v) is 3.30. The Hall–Kier alpha value is -2.96. The third-order valence-electron chi connectivity index (χ3n) is 3.30. The van der Waals surface area contributed by atoms with Crippen molar-refractivity contribution in [1.29, 1.82) is 0 Å². The average Bonchev–Trinajstić information content (AvgIpc) is 2.57. The second-order valence-electron chi connectivity index (χ2n) is 4.66. The highest BCUT2D eigenvalue weighted by Crippen LogP contribution is 2.42. The lowest BCUT2D eigenvalue weighted by Gasteiger charge is -2.12. The number of benzene rings is 2. The highest BCUT2D eigenvalue weighted by atomic mass is 16.5. The van der Waals surface area contributed by atoms with Gasteiger partial charge in [0.2, 0.25) is 5.75 Å². The van der Waals surface area contributed by atoms with Crippen LogP contribution in [0.15, 0.2) is 34.5 Å². The third kappa shape index (κ3) is 3.28. The molecular formula is C16H18N2O5. The summed E-state index contributed by atoms with van der Waals surface area (Å²) in [7, 11) is 4.53. The first kappa shape index (κ1) is 16.4. The Labute approximate surface area is 133 Å². The van der Waals surface area contributed by atoms with Gasteiger partial charge >= 0.3 is 0 Å². The van der Waals surface area contributed by atoms with Crippen LogP contribution in [0, 0.1) is 6.92 Å². The van der Waals surface area contributed by atoms with Crippen LogP contribution in [0.25, 0.3) is 0 Å². The maximum Gasteiger partial charge on any atom is 0.203 e. The number of aromatic hydroxyl groups is 2. The normalized spacial score (nSPS) is 10.8. The molecule has 0 aliphatic rings. The summed E-state index contributed by atoms with van der Waals surface area (Å²) in [6.07, 6.45) is 0. The standard InChI is InChI=1S/C16H18N2O5/c1-9-12(19)6-5-11(15(9)20)18-17-10-7-13(21-2)16(23-4)14(8-10)22-3/h5-8,19-20H,1-4H3/b18-17+. The lowest BCUT2D eigenvalue weighted by molar-refractivity contribution is 0.324. The van der Waals surface area contributed by atoms with Gasteiger partial charge in [-0.3, -0.25) is 0 Å². The molecule has 0 heterocycles. The van der Waals surface area contributed by atoms with Gasteiger partial charge in [0.05, 0.1) is 27.0 Å². The molecule has 0 atom stereocenters. The summed E-state index contributed by atoms with van der Waals surface area (Å²) in [5.74, 6) is 1.23. The number of rotatable bonds is 5. The predicted octanol–water partition coefficient (Wildman–Crippen LogP) is 3.85. The van der Waals surface area contributed by atoms with Gasteiger partial charge < -0.3 is 24.4 Å².